The molecular weight excluding hydrogens is 1370 g/mol. The molecule has 0 N–H and O–H groups in total. The molecule has 546 valence electrons. The minimum atomic E-state index is 0.128. The Morgan fingerprint density at radius 3 is 0.703 bits per heavy atom. The highest BCUT2D eigenvalue weighted by molar-refractivity contribution is 5.82. The lowest BCUT2D eigenvalue weighted by atomic mass is 9.90. The van der Waals surface area contributed by atoms with E-state index >= 15 is 0 Å². The lowest BCUT2D eigenvalue weighted by Gasteiger charge is -2.37. The van der Waals surface area contributed by atoms with Gasteiger partial charge in [-0.05, 0) is 280 Å². The second kappa shape index (κ2) is 34.4. The molecule has 0 amide bonds. The number of benzene rings is 15. The molecular formula is C99H83N5O7. The molecule has 1 saturated heterocycles. The van der Waals surface area contributed by atoms with E-state index in [-0.39, 0.29) is 5.41 Å². The second-order valence-corrected chi connectivity index (χ2v) is 27.5. The molecule has 0 saturated carbocycles. The van der Waals surface area contributed by atoms with Crippen molar-refractivity contribution in [1.82, 2.24) is 0 Å². The van der Waals surface area contributed by atoms with E-state index in [1.54, 1.807) is 0 Å². The molecule has 15 aromatic carbocycles. The van der Waals surface area contributed by atoms with Crippen molar-refractivity contribution in [2.24, 2.45) is 5.41 Å². The first kappa shape index (κ1) is 71.5. The number of nitrogens with zero attached hydrogens (tertiary/aromatic N) is 5. The third kappa shape index (κ3) is 17.8. The number of hydrogen-bond acceptors (Lipinski definition) is 12. The van der Waals surface area contributed by atoms with Gasteiger partial charge in [-0.25, -0.2) is 0 Å². The number of unbranched alkanes of at least 4 members (excludes halogenated alkanes) is 1. The fourth-order valence-electron chi connectivity index (χ4n) is 13.6. The fraction of sp³-hybridized carbons (Fsp3) is 0.0909. The number of rotatable bonds is 31. The Bertz CT molecular complexity index is 5330. The molecule has 1 aliphatic rings. The first-order valence-corrected chi connectivity index (χ1v) is 37.6. The van der Waals surface area contributed by atoms with E-state index in [1.165, 1.54) is 0 Å². The molecule has 16 rings (SSSR count). The van der Waals surface area contributed by atoms with E-state index in [4.69, 9.17) is 33.2 Å². The summed E-state index contributed by atoms with van der Waals surface area (Å²) >= 11 is 0. The number of para-hydroxylation sites is 6. The fourth-order valence-corrected chi connectivity index (χ4v) is 13.6. The van der Waals surface area contributed by atoms with Crippen LogP contribution in [-0.2, 0) is 9.47 Å². The predicted molar refractivity (Wildman–Crippen MR) is 450 cm³/mol. The Morgan fingerprint density at radius 2 is 0.441 bits per heavy atom. The third-order valence-electron chi connectivity index (χ3n) is 19.1. The van der Waals surface area contributed by atoms with E-state index < -0.39 is 0 Å². The van der Waals surface area contributed by atoms with Gasteiger partial charge in [0.05, 0.1) is 26.4 Å². The van der Waals surface area contributed by atoms with Gasteiger partial charge in [0, 0.05) is 109 Å². The van der Waals surface area contributed by atoms with Crippen LogP contribution in [0.3, 0.4) is 0 Å². The van der Waals surface area contributed by atoms with E-state index in [1.807, 2.05) is 146 Å². The SMILES string of the molecule is CC1(COCCCCOc2cccc(N(c3ccc(Oc4ccc(N(c5ccccc5)c5ccc(Oc6ccc(N(c7ccccc7)c7ccccc7)cc6)cc5)cc4)cc3)c3ccc(Oc4ccc(N(c5ccccc5)c5cccc(Oc6ccc(N(c7ccccc7)c7ccccc7)cc6)c5)cc4)cc3)c2)COC1. The van der Waals surface area contributed by atoms with E-state index in [0.717, 1.165) is 134 Å². The van der Waals surface area contributed by atoms with Gasteiger partial charge in [0.15, 0.2) is 0 Å². The molecule has 12 nitrogen and oxygen atoms in total. The highest BCUT2D eigenvalue weighted by Crippen LogP contribution is 2.45. The second-order valence-electron chi connectivity index (χ2n) is 27.5. The average molecular weight is 1450 g/mol. The summed E-state index contributed by atoms with van der Waals surface area (Å²) < 4.78 is 44.1. The minimum Gasteiger partial charge on any atom is -0.494 e. The Morgan fingerprint density at radius 1 is 0.225 bits per heavy atom. The molecule has 111 heavy (non-hydrogen) atoms. The lowest BCUT2D eigenvalue weighted by molar-refractivity contribution is -0.138. The molecule has 0 radical (unpaired) electrons. The molecule has 0 atom stereocenters. The van der Waals surface area contributed by atoms with Crippen molar-refractivity contribution in [1.29, 1.82) is 0 Å². The van der Waals surface area contributed by atoms with Gasteiger partial charge in [-0.15, -0.1) is 0 Å². The standard InChI is InChI=1S/C99H83N5O7/c1-99(73-106-74-99)72-105-68-20-21-69-107-97-38-22-36-88(70-97)104(86-50-62-94(63-51-86)109-92-58-44-84(45-59-92)102(79-32-16-6-17-33-79)83-42-56-91(57-43-83)108-90-54-40-81(41-55-90)100(75-24-8-2-9-25-75)76-26-10-3-11-27-76)87-52-64-95(65-53-87)110-93-60-48-85(49-61-93)103(80-34-18-7-19-35-80)89-37-23-39-98(71-89)111-96-66-46-82(47-67-96)101(77-28-12-4-13-29-77)78-30-14-5-15-31-78/h2-19,22-67,70-71H,20-21,68-69,72-74H2,1H3. The summed E-state index contributed by atoms with van der Waals surface area (Å²) in [6, 6.07) is 136. The molecule has 0 aromatic heterocycles. The van der Waals surface area contributed by atoms with Gasteiger partial charge in [-0.1, -0.05) is 128 Å². The topological polar surface area (TPSA) is 80.8 Å². The van der Waals surface area contributed by atoms with Crippen LogP contribution in [-0.4, -0.2) is 33.0 Å². The van der Waals surface area contributed by atoms with Gasteiger partial charge >= 0.3 is 0 Å². The van der Waals surface area contributed by atoms with Crippen LogP contribution in [0.25, 0.3) is 0 Å². The molecule has 15 aromatic rings. The summed E-state index contributed by atoms with van der Waals surface area (Å²) in [7, 11) is 0. The van der Waals surface area contributed by atoms with Crippen LogP contribution in [0, 0.1) is 5.41 Å². The maximum Gasteiger partial charge on any atom is 0.129 e. The van der Waals surface area contributed by atoms with Gasteiger partial charge in [-0.2, -0.15) is 0 Å². The first-order valence-electron chi connectivity index (χ1n) is 37.6. The summed E-state index contributed by atoms with van der Waals surface area (Å²) in [5.41, 5.74) is 15.1. The normalized spacial score (nSPS) is 12.0. The van der Waals surface area contributed by atoms with Gasteiger partial charge < -0.3 is 57.7 Å². The molecule has 0 bridgehead atoms. The van der Waals surface area contributed by atoms with Crippen molar-refractivity contribution in [3.05, 3.63) is 400 Å². The Labute approximate surface area is 649 Å². The van der Waals surface area contributed by atoms with Gasteiger partial charge in [0.25, 0.3) is 0 Å². The summed E-state index contributed by atoms with van der Waals surface area (Å²) in [6.07, 6.45) is 1.77. The molecule has 0 spiro atoms. The Kier molecular flexibility index (Phi) is 22.2. The van der Waals surface area contributed by atoms with Crippen LogP contribution in [0.15, 0.2) is 400 Å². The number of ether oxygens (including phenoxy) is 7. The smallest absolute Gasteiger partial charge is 0.129 e. The van der Waals surface area contributed by atoms with E-state index in [0.29, 0.717) is 48.6 Å². The number of hydrogen-bond donors (Lipinski definition) is 0. The van der Waals surface area contributed by atoms with Crippen molar-refractivity contribution in [3.63, 3.8) is 0 Å². The van der Waals surface area contributed by atoms with Gasteiger partial charge in [0.2, 0.25) is 0 Å². The molecule has 0 aliphatic carbocycles. The van der Waals surface area contributed by atoms with Crippen molar-refractivity contribution < 1.29 is 33.2 Å². The third-order valence-corrected chi connectivity index (χ3v) is 19.1. The number of anilines is 15. The molecule has 0 unspecified atom stereocenters. The highest BCUT2D eigenvalue weighted by atomic mass is 16.5. The molecule has 12 heteroatoms. The molecule has 1 heterocycles. The first-order chi connectivity index (χ1) is 54.8. The van der Waals surface area contributed by atoms with Crippen molar-refractivity contribution >= 4 is 85.3 Å². The van der Waals surface area contributed by atoms with Gasteiger partial charge in [-0.3, -0.25) is 0 Å². The van der Waals surface area contributed by atoms with Crippen LogP contribution < -0.4 is 48.2 Å². The zero-order valence-electron chi connectivity index (χ0n) is 61.6. The highest BCUT2D eigenvalue weighted by Gasteiger charge is 2.33. The molecule has 1 fully saturated rings. The Balaban J connectivity index is 0.601. The lowest BCUT2D eigenvalue weighted by Crippen LogP contribution is -2.43. The summed E-state index contributed by atoms with van der Waals surface area (Å²) in [6.45, 7) is 5.69. The summed E-state index contributed by atoms with van der Waals surface area (Å²) in [5, 5.41) is 0. The van der Waals surface area contributed by atoms with Crippen LogP contribution in [0.5, 0.6) is 51.7 Å². The monoisotopic (exact) mass is 1450 g/mol. The largest absolute Gasteiger partial charge is 0.494 e. The minimum absolute atomic E-state index is 0.128. The van der Waals surface area contributed by atoms with Crippen molar-refractivity contribution in [2.75, 3.05) is 57.5 Å². The maximum absolute atomic E-state index is 6.62. The van der Waals surface area contributed by atoms with Crippen molar-refractivity contribution in [2.45, 2.75) is 19.8 Å². The van der Waals surface area contributed by atoms with Gasteiger partial charge in [0.1, 0.15) is 51.7 Å². The van der Waals surface area contributed by atoms with E-state index in [9.17, 15) is 0 Å². The quantitative estimate of drug-likeness (QED) is 0.0388. The average Bonchev–Trinajstić information content (AvgIpc) is 0.826. The maximum atomic E-state index is 6.62. The van der Waals surface area contributed by atoms with Crippen LogP contribution in [0.4, 0.5) is 85.3 Å². The van der Waals surface area contributed by atoms with Crippen LogP contribution in [0.2, 0.25) is 0 Å². The zero-order chi connectivity index (χ0) is 74.8. The summed E-state index contributed by atoms with van der Waals surface area (Å²) in [4.78, 5) is 11.1. The zero-order valence-corrected chi connectivity index (χ0v) is 61.6. The predicted octanol–water partition coefficient (Wildman–Crippen LogP) is 27.4. The van der Waals surface area contributed by atoms with E-state index in [2.05, 4.69) is 286 Å². The van der Waals surface area contributed by atoms with Crippen LogP contribution in [0.1, 0.15) is 19.8 Å². The van der Waals surface area contributed by atoms with Crippen LogP contribution >= 0.6 is 0 Å². The summed E-state index contributed by atoms with van der Waals surface area (Å²) in [5.74, 6) is 6.45. The Hall–Kier alpha value is -13.8. The molecule has 1 aliphatic heterocycles. The van der Waals surface area contributed by atoms with Crippen molar-refractivity contribution in [3.8, 4) is 51.7 Å².